The zero-order valence-electron chi connectivity index (χ0n) is 13.0. The third kappa shape index (κ3) is 2.31. The van der Waals surface area contributed by atoms with Gasteiger partial charge < -0.3 is 19.8 Å². The predicted molar refractivity (Wildman–Crippen MR) is 79.3 cm³/mol. The van der Waals surface area contributed by atoms with Crippen LogP contribution in [0.4, 0.5) is 0 Å². The molecule has 0 aromatic carbocycles. The molecule has 0 radical (unpaired) electrons. The van der Waals surface area contributed by atoms with E-state index >= 15 is 0 Å². The predicted octanol–water partition coefficient (Wildman–Crippen LogP) is 1.39. The van der Waals surface area contributed by atoms with Crippen molar-refractivity contribution in [1.82, 2.24) is 10.6 Å². The zero-order valence-corrected chi connectivity index (χ0v) is 13.0. The number of rotatable bonds is 4. The summed E-state index contributed by atoms with van der Waals surface area (Å²) < 4.78 is 10.8. The Morgan fingerprint density at radius 2 is 2.23 bits per heavy atom. The van der Waals surface area contributed by atoms with Crippen molar-refractivity contribution in [2.24, 2.45) is 5.41 Å². The van der Waals surface area contributed by atoms with Crippen LogP contribution in [0.3, 0.4) is 0 Å². The van der Waals surface area contributed by atoms with Gasteiger partial charge in [-0.15, -0.1) is 0 Å². The monoisotopic (exact) mass is 306 g/mol. The summed E-state index contributed by atoms with van der Waals surface area (Å²) in [7, 11) is 0. The van der Waals surface area contributed by atoms with E-state index in [9.17, 15) is 9.59 Å². The number of nitrogens with one attached hydrogen (secondary N) is 2. The lowest BCUT2D eigenvalue weighted by atomic mass is 9.77. The van der Waals surface area contributed by atoms with Crippen LogP contribution >= 0.6 is 0 Å². The van der Waals surface area contributed by atoms with Gasteiger partial charge in [0.25, 0.3) is 5.91 Å². The summed E-state index contributed by atoms with van der Waals surface area (Å²) in [5.74, 6) is -0.101. The van der Waals surface area contributed by atoms with Gasteiger partial charge in [-0.05, 0) is 12.8 Å². The Hall–Kier alpha value is -1.82. The van der Waals surface area contributed by atoms with Crippen LogP contribution in [-0.2, 0) is 22.6 Å². The molecule has 2 amide bonds. The van der Waals surface area contributed by atoms with Crippen LogP contribution < -0.4 is 10.6 Å². The molecule has 0 bridgehead atoms. The van der Waals surface area contributed by atoms with Crippen molar-refractivity contribution in [2.75, 3.05) is 13.2 Å². The topological polar surface area (TPSA) is 80.6 Å². The van der Waals surface area contributed by atoms with Crippen LogP contribution in [0.15, 0.2) is 10.7 Å². The summed E-state index contributed by atoms with van der Waals surface area (Å²) in [4.78, 5) is 24.7. The first-order chi connectivity index (χ1) is 10.6. The van der Waals surface area contributed by atoms with Gasteiger partial charge in [0.05, 0.1) is 19.5 Å². The number of carbonyl (C=O) groups excluding carboxylic acids is 2. The molecule has 1 atom stereocenters. The molecule has 1 aromatic rings. The first-order valence-corrected chi connectivity index (χ1v) is 7.87. The molecule has 2 N–H and O–H groups in total. The van der Waals surface area contributed by atoms with Crippen LogP contribution in [0.2, 0.25) is 0 Å². The molecule has 22 heavy (non-hydrogen) atoms. The molecule has 1 aromatic heterocycles. The van der Waals surface area contributed by atoms with Gasteiger partial charge in [0.1, 0.15) is 6.04 Å². The number of ether oxygens (including phenoxy) is 1. The molecular weight excluding hydrogens is 284 g/mol. The Labute approximate surface area is 129 Å². The van der Waals surface area contributed by atoms with E-state index in [1.165, 1.54) is 0 Å². The SMILES string of the molecule is CCC1(CC)CNC(=O)C1NC(=O)c1occ2c1CCOC2. The average molecular weight is 306 g/mol. The second-order valence-corrected chi connectivity index (χ2v) is 6.06. The Kier molecular flexibility index (Phi) is 3.95. The lowest BCUT2D eigenvalue weighted by Crippen LogP contribution is -2.49. The van der Waals surface area contributed by atoms with Crippen molar-refractivity contribution in [3.8, 4) is 0 Å². The summed E-state index contributed by atoms with van der Waals surface area (Å²) in [6.07, 6.45) is 3.90. The van der Waals surface area contributed by atoms with Crippen molar-refractivity contribution in [3.63, 3.8) is 0 Å². The van der Waals surface area contributed by atoms with E-state index in [0.717, 1.165) is 24.0 Å². The molecule has 1 fully saturated rings. The molecule has 3 rings (SSSR count). The molecule has 2 aliphatic heterocycles. The molecule has 1 saturated heterocycles. The molecule has 2 aliphatic rings. The fourth-order valence-electron chi connectivity index (χ4n) is 3.43. The first-order valence-electron chi connectivity index (χ1n) is 7.87. The van der Waals surface area contributed by atoms with Crippen molar-refractivity contribution < 1.29 is 18.7 Å². The van der Waals surface area contributed by atoms with Crippen molar-refractivity contribution in [2.45, 2.75) is 45.8 Å². The Morgan fingerprint density at radius 3 is 2.95 bits per heavy atom. The highest BCUT2D eigenvalue weighted by atomic mass is 16.5. The molecule has 6 nitrogen and oxygen atoms in total. The Morgan fingerprint density at radius 1 is 1.45 bits per heavy atom. The minimum Gasteiger partial charge on any atom is -0.459 e. The summed E-state index contributed by atoms with van der Waals surface area (Å²) >= 11 is 0. The van der Waals surface area contributed by atoms with Crippen molar-refractivity contribution in [3.05, 3.63) is 23.2 Å². The van der Waals surface area contributed by atoms with Gasteiger partial charge in [-0.1, -0.05) is 13.8 Å². The van der Waals surface area contributed by atoms with E-state index < -0.39 is 6.04 Å². The first kappa shape index (κ1) is 15.1. The lowest BCUT2D eigenvalue weighted by molar-refractivity contribution is -0.121. The minimum absolute atomic E-state index is 0.110. The van der Waals surface area contributed by atoms with Gasteiger partial charge in [-0.2, -0.15) is 0 Å². The molecule has 120 valence electrons. The molecule has 3 heterocycles. The number of hydrogen-bond acceptors (Lipinski definition) is 4. The van der Waals surface area contributed by atoms with E-state index in [1.807, 2.05) is 0 Å². The fraction of sp³-hybridized carbons (Fsp3) is 0.625. The molecule has 0 saturated carbocycles. The molecular formula is C16H22N2O4. The van der Waals surface area contributed by atoms with Crippen LogP contribution in [0.1, 0.15) is 48.4 Å². The molecule has 0 spiro atoms. The van der Waals surface area contributed by atoms with Gasteiger partial charge in [-0.3, -0.25) is 9.59 Å². The third-order valence-electron chi connectivity index (χ3n) is 5.11. The fourth-order valence-corrected chi connectivity index (χ4v) is 3.43. The van der Waals surface area contributed by atoms with Crippen LogP contribution in [-0.4, -0.2) is 31.0 Å². The number of furan rings is 1. The summed E-state index contributed by atoms with van der Waals surface area (Å²) in [6.45, 7) is 5.77. The maximum atomic E-state index is 12.6. The number of amides is 2. The third-order valence-corrected chi connectivity index (χ3v) is 5.11. The van der Waals surface area contributed by atoms with Crippen LogP contribution in [0, 0.1) is 5.41 Å². The van der Waals surface area contributed by atoms with E-state index in [-0.39, 0.29) is 17.2 Å². The largest absolute Gasteiger partial charge is 0.459 e. The second-order valence-electron chi connectivity index (χ2n) is 6.06. The van der Waals surface area contributed by atoms with Crippen LogP contribution in [0.25, 0.3) is 0 Å². The van der Waals surface area contributed by atoms with Crippen LogP contribution in [0.5, 0.6) is 0 Å². The van der Waals surface area contributed by atoms with Gasteiger partial charge in [0, 0.05) is 29.5 Å². The summed E-state index contributed by atoms with van der Waals surface area (Å²) in [6, 6.07) is -0.504. The maximum Gasteiger partial charge on any atom is 0.287 e. The minimum atomic E-state index is -0.504. The molecule has 1 unspecified atom stereocenters. The number of fused-ring (bicyclic) bond motifs is 1. The summed E-state index contributed by atoms with van der Waals surface area (Å²) in [5, 5.41) is 5.76. The highest BCUT2D eigenvalue weighted by Gasteiger charge is 2.47. The van der Waals surface area contributed by atoms with Gasteiger partial charge in [-0.25, -0.2) is 0 Å². The van der Waals surface area contributed by atoms with Gasteiger partial charge in [0.2, 0.25) is 5.91 Å². The lowest BCUT2D eigenvalue weighted by Gasteiger charge is -2.31. The standard InChI is InChI=1S/C16H22N2O4/c1-3-16(4-2)9-17-15(20)13(16)18-14(19)12-11-5-6-21-7-10(11)8-22-12/h8,13H,3-7,9H2,1-2H3,(H,17,20)(H,18,19). The van der Waals surface area contributed by atoms with E-state index in [1.54, 1.807) is 6.26 Å². The van der Waals surface area contributed by atoms with E-state index in [0.29, 0.717) is 31.9 Å². The Bertz CT molecular complexity index is 589. The highest BCUT2D eigenvalue weighted by molar-refractivity contribution is 5.97. The van der Waals surface area contributed by atoms with Crippen molar-refractivity contribution in [1.29, 1.82) is 0 Å². The Balaban J connectivity index is 1.81. The van der Waals surface area contributed by atoms with E-state index in [2.05, 4.69) is 24.5 Å². The second kappa shape index (κ2) is 5.76. The molecule has 0 aliphatic carbocycles. The number of carbonyl (C=O) groups is 2. The normalized spacial score (nSPS) is 23.0. The number of hydrogen-bond donors (Lipinski definition) is 2. The average Bonchev–Trinajstić information content (AvgIpc) is 3.10. The zero-order chi connectivity index (χ0) is 15.7. The van der Waals surface area contributed by atoms with E-state index in [4.69, 9.17) is 9.15 Å². The summed E-state index contributed by atoms with van der Waals surface area (Å²) in [5.41, 5.74) is 1.60. The van der Waals surface area contributed by atoms with Crippen molar-refractivity contribution >= 4 is 11.8 Å². The quantitative estimate of drug-likeness (QED) is 0.881. The molecule has 6 heteroatoms. The highest BCUT2D eigenvalue weighted by Crippen LogP contribution is 2.34. The van der Waals surface area contributed by atoms with Gasteiger partial charge >= 0.3 is 0 Å². The van der Waals surface area contributed by atoms with Gasteiger partial charge in [0.15, 0.2) is 5.76 Å². The smallest absolute Gasteiger partial charge is 0.287 e. The maximum absolute atomic E-state index is 12.6.